The molecule has 0 saturated heterocycles. The van der Waals surface area contributed by atoms with E-state index in [2.05, 4.69) is 0 Å². The zero-order valence-electron chi connectivity index (χ0n) is 13.1. The van der Waals surface area contributed by atoms with Gasteiger partial charge in [0.05, 0.1) is 11.8 Å². The van der Waals surface area contributed by atoms with Gasteiger partial charge in [0.25, 0.3) is 0 Å². The molecular formula is C20H20O3. The molecule has 0 aliphatic heterocycles. The smallest absolute Gasteiger partial charge is 0.307 e. The summed E-state index contributed by atoms with van der Waals surface area (Å²) in [6.45, 7) is 1.83. The first-order valence-corrected chi connectivity index (χ1v) is 7.65. The van der Waals surface area contributed by atoms with Crippen LogP contribution in [0.5, 0.6) is 0 Å². The zero-order valence-corrected chi connectivity index (χ0v) is 13.1. The van der Waals surface area contributed by atoms with Gasteiger partial charge in [-0.3, -0.25) is 9.59 Å². The lowest BCUT2D eigenvalue weighted by Crippen LogP contribution is -2.35. The van der Waals surface area contributed by atoms with Crippen LogP contribution in [-0.2, 0) is 15.0 Å². The summed E-state index contributed by atoms with van der Waals surface area (Å²) in [5.41, 5.74) is 0.742. The van der Waals surface area contributed by atoms with Gasteiger partial charge in [0.1, 0.15) is 0 Å². The van der Waals surface area contributed by atoms with Gasteiger partial charge in [0.15, 0.2) is 5.78 Å². The molecule has 0 radical (unpaired) electrons. The van der Waals surface area contributed by atoms with E-state index in [1.807, 2.05) is 67.6 Å². The molecule has 23 heavy (non-hydrogen) atoms. The van der Waals surface area contributed by atoms with Crippen molar-refractivity contribution in [3.63, 3.8) is 0 Å². The predicted octanol–water partition coefficient (Wildman–Crippen LogP) is 3.98. The third-order valence-corrected chi connectivity index (χ3v) is 3.88. The van der Waals surface area contributed by atoms with Crippen LogP contribution in [0.1, 0.15) is 30.9 Å². The predicted molar refractivity (Wildman–Crippen MR) is 90.4 cm³/mol. The fourth-order valence-electron chi connectivity index (χ4n) is 2.79. The van der Waals surface area contributed by atoms with Crippen molar-refractivity contribution in [1.29, 1.82) is 0 Å². The van der Waals surface area contributed by atoms with E-state index in [-0.39, 0.29) is 12.2 Å². The summed E-state index contributed by atoms with van der Waals surface area (Å²) in [4.78, 5) is 23.8. The van der Waals surface area contributed by atoms with E-state index in [0.29, 0.717) is 6.42 Å². The lowest BCUT2D eigenvalue weighted by Gasteiger charge is -2.30. The molecule has 2 aromatic carbocycles. The Balaban J connectivity index is 2.66. The van der Waals surface area contributed by atoms with Crippen molar-refractivity contribution >= 4 is 11.8 Å². The molecule has 3 nitrogen and oxygen atoms in total. The van der Waals surface area contributed by atoms with Crippen molar-refractivity contribution in [3.8, 4) is 0 Å². The highest BCUT2D eigenvalue weighted by Crippen LogP contribution is 2.36. The lowest BCUT2D eigenvalue weighted by molar-refractivity contribution is -0.136. The van der Waals surface area contributed by atoms with Crippen LogP contribution in [0.4, 0.5) is 0 Å². The van der Waals surface area contributed by atoms with Gasteiger partial charge in [-0.1, -0.05) is 79.7 Å². The second kappa shape index (κ2) is 7.54. The van der Waals surface area contributed by atoms with Crippen LogP contribution < -0.4 is 0 Å². The van der Waals surface area contributed by atoms with E-state index < -0.39 is 11.4 Å². The normalized spacial score (nSPS) is 11.5. The summed E-state index contributed by atoms with van der Waals surface area (Å²) < 4.78 is 0. The Hall–Kier alpha value is -2.68. The Kier molecular flexibility index (Phi) is 5.47. The average molecular weight is 308 g/mol. The number of rotatable bonds is 7. The molecule has 0 unspecified atom stereocenters. The maximum atomic E-state index is 12.9. The molecule has 0 bridgehead atoms. The largest absolute Gasteiger partial charge is 0.481 e. The van der Waals surface area contributed by atoms with Crippen molar-refractivity contribution in [3.05, 3.63) is 83.9 Å². The molecule has 2 aromatic rings. The molecule has 0 fully saturated rings. The van der Waals surface area contributed by atoms with Gasteiger partial charge in [-0.15, -0.1) is 0 Å². The highest BCUT2D eigenvalue weighted by molar-refractivity contribution is 5.96. The summed E-state index contributed by atoms with van der Waals surface area (Å²) >= 11 is 0. The molecule has 118 valence electrons. The van der Waals surface area contributed by atoms with Crippen LogP contribution >= 0.6 is 0 Å². The monoisotopic (exact) mass is 308 g/mol. The van der Waals surface area contributed by atoms with Crippen LogP contribution in [0.15, 0.2) is 72.8 Å². The highest BCUT2D eigenvalue weighted by Gasteiger charge is 2.37. The Bertz CT molecular complexity index is 648. The van der Waals surface area contributed by atoms with Gasteiger partial charge >= 0.3 is 5.97 Å². The Morgan fingerprint density at radius 1 is 0.957 bits per heavy atom. The number of ketones is 1. The molecular weight excluding hydrogens is 288 g/mol. The number of hydrogen-bond donors (Lipinski definition) is 1. The van der Waals surface area contributed by atoms with Crippen molar-refractivity contribution in [2.24, 2.45) is 0 Å². The molecule has 0 aliphatic carbocycles. The van der Waals surface area contributed by atoms with Gasteiger partial charge in [0, 0.05) is 6.42 Å². The standard InChI is InChI=1S/C20H20O3/c1-2-18(21)20(15-9-14-19(22)23,16-10-5-3-6-11-16)17-12-7-4-8-13-17/h3-13,15H,2,14H2,1H3,(H,22,23)/b15-9+. The fraction of sp³-hybridized carbons (Fsp3) is 0.200. The second-order valence-corrected chi connectivity index (χ2v) is 5.32. The highest BCUT2D eigenvalue weighted by atomic mass is 16.4. The minimum Gasteiger partial charge on any atom is -0.481 e. The first-order chi connectivity index (χ1) is 11.1. The zero-order chi connectivity index (χ0) is 16.7. The number of carboxylic acids is 1. The van der Waals surface area contributed by atoms with E-state index >= 15 is 0 Å². The quantitative estimate of drug-likeness (QED) is 0.787. The lowest BCUT2D eigenvalue weighted by atomic mass is 9.70. The van der Waals surface area contributed by atoms with Gasteiger partial charge in [-0.2, -0.15) is 0 Å². The number of carbonyl (C=O) groups excluding carboxylic acids is 1. The Morgan fingerprint density at radius 3 is 1.83 bits per heavy atom. The molecule has 0 aliphatic rings. The maximum absolute atomic E-state index is 12.9. The second-order valence-electron chi connectivity index (χ2n) is 5.32. The first-order valence-electron chi connectivity index (χ1n) is 7.65. The summed E-state index contributed by atoms with van der Waals surface area (Å²) in [5, 5.41) is 8.91. The van der Waals surface area contributed by atoms with Crippen molar-refractivity contribution in [2.45, 2.75) is 25.2 Å². The average Bonchev–Trinajstić information content (AvgIpc) is 2.59. The van der Waals surface area contributed by atoms with Gasteiger partial charge in [-0.25, -0.2) is 0 Å². The third kappa shape index (κ3) is 3.57. The number of Topliss-reactive ketones (excluding diaryl/α,β-unsaturated/α-hetero) is 1. The number of benzene rings is 2. The van der Waals surface area contributed by atoms with Crippen molar-refractivity contribution in [2.75, 3.05) is 0 Å². The summed E-state index contributed by atoms with van der Waals surface area (Å²) in [6, 6.07) is 19.0. The summed E-state index contributed by atoms with van der Waals surface area (Å²) in [5.74, 6) is -0.878. The minimum absolute atomic E-state index is 0.0385. The molecule has 3 heteroatoms. The van der Waals surface area contributed by atoms with E-state index in [4.69, 9.17) is 5.11 Å². The number of aliphatic carboxylic acids is 1. The topological polar surface area (TPSA) is 54.4 Å². The number of allylic oxidation sites excluding steroid dienone is 1. The van der Waals surface area contributed by atoms with Crippen LogP contribution in [-0.4, -0.2) is 16.9 Å². The van der Waals surface area contributed by atoms with Crippen LogP contribution in [0.25, 0.3) is 0 Å². The van der Waals surface area contributed by atoms with Crippen LogP contribution in [0, 0.1) is 0 Å². The number of carboxylic acid groups (broad SMARTS) is 1. The first kappa shape index (κ1) is 16.7. The number of carbonyl (C=O) groups is 2. The Morgan fingerprint density at radius 2 is 1.43 bits per heavy atom. The molecule has 0 heterocycles. The maximum Gasteiger partial charge on any atom is 0.307 e. The molecule has 0 saturated carbocycles. The van der Waals surface area contributed by atoms with Crippen molar-refractivity contribution < 1.29 is 14.7 Å². The van der Waals surface area contributed by atoms with Gasteiger partial charge < -0.3 is 5.11 Å². The van der Waals surface area contributed by atoms with Crippen molar-refractivity contribution in [1.82, 2.24) is 0 Å². The molecule has 1 N–H and O–H groups in total. The molecule has 2 rings (SSSR count). The molecule has 0 atom stereocenters. The van der Waals surface area contributed by atoms with E-state index in [1.165, 1.54) is 0 Å². The SMILES string of the molecule is CCC(=O)C(/C=C/CC(=O)O)(c1ccccc1)c1ccccc1. The Labute approximate surface area is 136 Å². The van der Waals surface area contributed by atoms with E-state index in [0.717, 1.165) is 11.1 Å². The van der Waals surface area contributed by atoms with E-state index in [1.54, 1.807) is 12.2 Å². The van der Waals surface area contributed by atoms with Gasteiger partial charge in [0.2, 0.25) is 0 Å². The molecule has 0 amide bonds. The van der Waals surface area contributed by atoms with Gasteiger partial charge in [-0.05, 0) is 11.1 Å². The summed E-state index contributed by atoms with van der Waals surface area (Å²) in [6.07, 6.45) is 3.55. The van der Waals surface area contributed by atoms with E-state index in [9.17, 15) is 9.59 Å². The minimum atomic E-state index is -0.952. The fourth-order valence-corrected chi connectivity index (χ4v) is 2.79. The van der Waals surface area contributed by atoms with Crippen LogP contribution in [0.2, 0.25) is 0 Å². The molecule has 0 aromatic heterocycles. The van der Waals surface area contributed by atoms with Crippen LogP contribution in [0.3, 0.4) is 0 Å². The number of hydrogen-bond acceptors (Lipinski definition) is 2. The third-order valence-electron chi connectivity index (χ3n) is 3.88. The summed E-state index contributed by atoms with van der Waals surface area (Å²) in [7, 11) is 0. The molecule has 0 spiro atoms.